The lowest BCUT2D eigenvalue weighted by molar-refractivity contribution is 1.50. The van der Waals surface area contributed by atoms with Crippen LogP contribution in [0.15, 0.2) is 0 Å². The first-order valence-corrected chi connectivity index (χ1v) is 5.60. The Hall–Kier alpha value is 0.300. The molecule has 0 saturated carbocycles. The fourth-order valence-electron chi connectivity index (χ4n) is 0.107. The molecule has 6 heteroatoms. The quantitative estimate of drug-likeness (QED) is 0.642. The topological polar surface area (TPSA) is 38.7 Å². The molecule has 0 radical (unpaired) electrons. The summed E-state index contributed by atoms with van der Waals surface area (Å²) in [5, 5.41) is 0. The van der Waals surface area contributed by atoms with Crippen molar-refractivity contribution >= 4 is 25.5 Å². The van der Waals surface area contributed by atoms with Gasteiger partial charge in [-0.2, -0.15) is 13.5 Å². The van der Waals surface area contributed by atoms with Gasteiger partial charge in [-0.05, 0) is 0 Å². The molecule has 0 aromatic carbocycles. The predicted octanol–water partition coefficient (Wildman–Crippen LogP) is 4.30. The average molecular weight is 211 g/mol. The van der Waals surface area contributed by atoms with Crippen molar-refractivity contribution < 1.29 is 0 Å². The van der Waals surface area contributed by atoms with Crippen LogP contribution in [0.3, 0.4) is 0 Å². The summed E-state index contributed by atoms with van der Waals surface area (Å²) in [5.41, 5.74) is 0. The van der Waals surface area contributed by atoms with Gasteiger partial charge in [0.25, 0.3) is 0 Å². The smallest absolute Gasteiger partial charge is 0.166 e. The van der Waals surface area contributed by atoms with Gasteiger partial charge in [0.05, 0.1) is 0 Å². The molecule has 3 nitrogen and oxygen atoms in total. The summed E-state index contributed by atoms with van der Waals surface area (Å²) in [7, 11) is 2.49. The molecule has 11 heavy (non-hydrogen) atoms. The van der Waals surface area contributed by atoms with Gasteiger partial charge in [0, 0.05) is 0 Å². The van der Waals surface area contributed by atoms with Crippen molar-refractivity contribution in [1.82, 2.24) is 13.5 Å². The number of nitrogens with zero attached hydrogens (tertiary/aromatic N) is 3. The maximum Gasteiger partial charge on any atom is 0.166 e. The molecule has 0 aliphatic carbocycles. The van der Waals surface area contributed by atoms with Gasteiger partial charge in [0.15, 0.2) is 25.5 Å². The zero-order valence-electron chi connectivity index (χ0n) is 6.68. The molecule has 1 aromatic heterocycles. The maximum atomic E-state index is 3.78. The molecule has 0 spiro atoms. The van der Waals surface area contributed by atoms with E-state index in [4.69, 9.17) is 0 Å². The van der Waals surface area contributed by atoms with Gasteiger partial charge >= 0.3 is 0 Å². The Morgan fingerprint density at radius 1 is 0.636 bits per heavy atom. The van der Waals surface area contributed by atoms with Crippen LogP contribution in [-0.2, 0) is 0 Å². The van der Waals surface area contributed by atoms with Crippen LogP contribution in [0.2, 0.25) is 0 Å². The summed E-state index contributed by atoms with van der Waals surface area (Å²) in [6, 6.07) is 0. The van der Waals surface area contributed by atoms with Crippen molar-refractivity contribution in [3.8, 4) is 0 Å². The second-order valence-electron chi connectivity index (χ2n) is 0.537. The third-order valence-electron chi connectivity index (χ3n) is 0.240. The van der Waals surface area contributed by atoms with Crippen molar-refractivity contribution in [2.75, 3.05) is 0 Å². The maximum absolute atomic E-state index is 3.78. The fraction of sp³-hybridized carbons (Fsp3) is 1.00. The summed E-state index contributed by atoms with van der Waals surface area (Å²) in [6.07, 6.45) is 0. The molecule has 0 N–H and O–H groups in total. The van der Waals surface area contributed by atoms with E-state index < -0.39 is 0 Å². The molecule has 0 fully saturated rings. The molecule has 0 bridgehead atoms. The molecular formula is C5H16N3P3. The highest BCUT2D eigenvalue weighted by atomic mass is 31.1. The zero-order valence-corrected chi connectivity index (χ0v) is 9.37. The fourth-order valence-corrected chi connectivity index (χ4v) is 1.93. The van der Waals surface area contributed by atoms with E-state index in [1.54, 1.807) is 0 Å². The Kier molecular flexibility index (Phi) is 35.5. The summed E-state index contributed by atoms with van der Waals surface area (Å²) in [5.74, 6) is 0. The molecular weight excluding hydrogens is 195 g/mol. The van der Waals surface area contributed by atoms with E-state index in [0.29, 0.717) is 0 Å². The first-order valence-electron chi connectivity index (χ1n) is 3.20. The van der Waals surface area contributed by atoms with Crippen LogP contribution in [0.1, 0.15) is 35.1 Å². The van der Waals surface area contributed by atoms with Gasteiger partial charge in [-0.3, -0.25) is 0 Å². The normalized spacial score (nSPS) is 7.64. The molecule has 0 unspecified atom stereocenters. The first-order chi connectivity index (χ1) is 5.00. The minimum atomic E-state index is 0. The molecule has 0 atom stereocenters. The molecule has 1 rings (SSSR count). The Labute approximate surface area is 74.8 Å². The van der Waals surface area contributed by atoms with E-state index in [1.807, 2.05) is 27.7 Å². The molecule has 0 aliphatic rings. The van der Waals surface area contributed by atoms with Gasteiger partial charge in [-0.1, -0.05) is 35.1 Å². The van der Waals surface area contributed by atoms with Crippen molar-refractivity contribution in [3.05, 3.63) is 0 Å². The second kappa shape index (κ2) is 22.4. The lowest BCUT2D eigenvalue weighted by atomic mass is 11.0. The van der Waals surface area contributed by atoms with E-state index in [2.05, 4.69) is 13.5 Å². The van der Waals surface area contributed by atoms with Gasteiger partial charge in [0.1, 0.15) is 0 Å². The molecule has 1 heterocycles. The Morgan fingerprint density at radius 3 is 0.909 bits per heavy atom. The largest absolute Gasteiger partial charge is 0.166 e. The zero-order chi connectivity index (χ0) is 8.24. The highest BCUT2D eigenvalue weighted by Gasteiger charge is 1.64. The Bertz CT molecular complexity index is 88.9. The highest BCUT2D eigenvalue weighted by Crippen LogP contribution is 2.01. The minimum absolute atomic E-state index is 0. The molecule has 0 saturated heterocycles. The highest BCUT2D eigenvalue weighted by molar-refractivity contribution is 7.43. The van der Waals surface area contributed by atoms with E-state index in [-0.39, 0.29) is 7.43 Å². The van der Waals surface area contributed by atoms with Crippen molar-refractivity contribution in [1.29, 1.82) is 0 Å². The summed E-state index contributed by atoms with van der Waals surface area (Å²) < 4.78 is 11.3. The monoisotopic (exact) mass is 211 g/mol. The summed E-state index contributed by atoms with van der Waals surface area (Å²) in [4.78, 5) is 0. The molecule has 0 aliphatic heterocycles. The molecule has 0 amide bonds. The van der Waals surface area contributed by atoms with E-state index >= 15 is 0 Å². The van der Waals surface area contributed by atoms with Gasteiger partial charge in [0.2, 0.25) is 0 Å². The molecule has 1 aromatic rings. The van der Waals surface area contributed by atoms with Crippen LogP contribution in [0, 0.1) is 0 Å². The standard InChI is InChI=1S/2C2H6.CH4.N3P3/c2*1-2;;1-4-2-6-3-5-1/h2*1-2H3;1H4;. The van der Waals surface area contributed by atoms with E-state index in [1.165, 1.54) is 0 Å². The Morgan fingerprint density at radius 2 is 0.818 bits per heavy atom. The number of rotatable bonds is 0. The SMILES string of the molecule is C.CC.CC.n1pnpnp1. The van der Waals surface area contributed by atoms with Crippen LogP contribution in [0.25, 0.3) is 0 Å². The van der Waals surface area contributed by atoms with Gasteiger partial charge in [-0.25, -0.2) is 0 Å². The third kappa shape index (κ3) is 17.9. The van der Waals surface area contributed by atoms with Crippen LogP contribution < -0.4 is 0 Å². The number of hydrogen-bond acceptors (Lipinski definition) is 3. The van der Waals surface area contributed by atoms with Crippen LogP contribution in [0.4, 0.5) is 0 Å². The lowest BCUT2D eigenvalue weighted by Gasteiger charge is -1.64. The second-order valence-corrected chi connectivity index (χ2v) is 3.22. The number of aromatic nitrogens is 3. The van der Waals surface area contributed by atoms with Crippen molar-refractivity contribution in [2.45, 2.75) is 35.1 Å². The minimum Gasteiger partial charge on any atom is -0.166 e. The predicted molar refractivity (Wildman–Crippen MR) is 56.8 cm³/mol. The number of hydrogen-bond donors (Lipinski definition) is 0. The van der Waals surface area contributed by atoms with E-state index in [0.717, 1.165) is 25.5 Å². The van der Waals surface area contributed by atoms with E-state index in [9.17, 15) is 0 Å². The van der Waals surface area contributed by atoms with Gasteiger partial charge in [-0.15, -0.1) is 0 Å². The van der Waals surface area contributed by atoms with Crippen molar-refractivity contribution in [3.63, 3.8) is 0 Å². The van der Waals surface area contributed by atoms with Gasteiger partial charge < -0.3 is 0 Å². The first kappa shape index (κ1) is 17.4. The molecule has 66 valence electrons. The van der Waals surface area contributed by atoms with Crippen LogP contribution in [-0.4, -0.2) is 13.5 Å². The summed E-state index contributed by atoms with van der Waals surface area (Å²) in [6.45, 7) is 8.00. The average Bonchev–Trinajstić information content (AvgIpc) is 2.14. The van der Waals surface area contributed by atoms with Crippen molar-refractivity contribution in [2.24, 2.45) is 0 Å². The van der Waals surface area contributed by atoms with Crippen LogP contribution in [0.5, 0.6) is 0 Å². The Balaban J connectivity index is -0.000000114. The van der Waals surface area contributed by atoms with Crippen LogP contribution >= 0.6 is 25.5 Å². The lowest BCUT2D eigenvalue weighted by Crippen LogP contribution is -1.47. The summed E-state index contributed by atoms with van der Waals surface area (Å²) >= 11 is 0. The third-order valence-corrected chi connectivity index (χ3v) is 2.16.